The van der Waals surface area contributed by atoms with Crippen molar-refractivity contribution in [1.29, 1.82) is 0 Å². The van der Waals surface area contributed by atoms with Crippen LogP contribution in [-0.4, -0.2) is 14.5 Å². The van der Waals surface area contributed by atoms with Gasteiger partial charge in [-0.3, -0.25) is 4.98 Å². The zero-order valence-corrected chi connectivity index (χ0v) is 34.4. The Morgan fingerprint density at radius 2 is 1.03 bits per heavy atom. The summed E-state index contributed by atoms with van der Waals surface area (Å²) < 4.78 is 2.39. The fourth-order valence-corrected chi connectivity index (χ4v) is 10.6. The minimum absolute atomic E-state index is 0.220. The van der Waals surface area contributed by atoms with Gasteiger partial charge < -0.3 is 4.57 Å². The number of hydrogen-bond donors (Lipinski definition) is 0. The summed E-state index contributed by atoms with van der Waals surface area (Å²) in [4.78, 5) is 10.4. The molecule has 2 aromatic heterocycles. The van der Waals surface area contributed by atoms with Crippen LogP contribution in [0, 0.1) is 0 Å². The van der Waals surface area contributed by atoms with Crippen LogP contribution in [0.25, 0.3) is 110 Å². The third kappa shape index (κ3) is 5.60. The molecule has 294 valence electrons. The molecule has 0 bridgehead atoms. The Hall–Kier alpha value is -8.14. The van der Waals surface area contributed by atoms with E-state index in [1.165, 1.54) is 82.4 Å². The molecule has 1 aliphatic carbocycles. The van der Waals surface area contributed by atoms with E-state index in [2.05, 4.69) is 217 Å². The molecule has 0 saturated carbocycles. The monoisotopic (exact) mass is 801 g/mol. The van der Waals surface area contributed by atoms with E-state index in [0.717, 1.165) is 45.0 Å². The molecule has 13 rings (SSSR count). The molecule has 0 spiro atoms. The predicted molar refractivity (Wildman–Crippen MR) is 265 cm³/mol. The molecule has 3 nitrogen and oxygen atoms in total. The first kappa shape index (κ1) is 35.6. The van der Waals surface area contributed by atoms with Gasteiger partial charge in [0.05, 0.1) is 34.0 Å². The second-order valence-electron chi connectivity index (χ2n) is 16.8. The first-order valence-electron chi connectivity index (χ1n) is 21.8. The lowest BCUT2D eigenvalue weighted by Crippen LogP contribution is -2.07. The van der Waals surface area contributed by atoms with Crippen molar-refractivity contribution in [3.63, 3.8) is 0 Å². The van der Waals surface area contributed by atoms with E-state index in [1.807, 2.05) is 6.20 Å². The highest BCUT2D eigenvalue weighted by molar-refractivity contribution is 6.23. The topological polar surface area (TPSA) is 30.7 Å². The normalized spacial score (nSPS) is 13.7. The number of fused-ring (bicyclic) bond motifs is 11. The van der Waals surface area contributed by atoms with E-state index in [0.29, 0.717) is 0 Å². The fraction of sp³-hybridized carbons (Fsp3) is 0.0333. The van der Waals surface area contributed by atoms with Gasteiger partial charge in [-0.25, -0.2) is 4.98 Å². The van der Waals surface area contributed by atoms with E-state index in [-0.39, 0.29) is 5.92 Å². The van der Waals surface area contributed by atoms with Gasteiger partial charge in [-0.15, -0.1) is 0 Å². The first-order valence-corrected chi connectivity index (χ1v) is 21.8. The summed E-state index contributed by atoms with van der Waals surface area (Å²) in [5.41, 5.74) is 16.3. The lowest BCUT2D eigenvalue weighted by Gasteiger charge is -2.26. The molecule has 0 N–H and O–H groups in total. The molecule has 1 atom stereocenters. The number of nitrogens with zero attached hydrogens (tertiary/aromatic N) is 3. The SMILES string of the molecule is C1=Cc2c(-c3ccc4c(c3)c3ccccc3n4-c3ccccc3)cccc2C(c2cccc3c(-c4cccc(-c5cnc6c7ccccc7c7ccccc7c6n5)c4)cccc23)C1. The van der Waals surface area contributed by atoms with Crippen LogP contribution in [0.5, 0.6) is 0 Å². The molecule has 1 aliphatic rings. The van der Waals surface area contributed by atoms with Crippen molar-refractivity contribution < 1.29 is 0 Å². The van der Waals surface area contributed by atoms with Crippen LogP contribution >= 0.6 is 0 Å². The van der Waals surface area contributed by atoms with Crippen LogP contribution in [0.1, 0.15) is 29.0 Å². The van der Waals surface area contributed by atoms with Crippen molar-refractivity contribution in [1.82, 2.24) is 14.5 Å². The largest absolute Gasteiger partial charge is 0.309 e. The molecule has 12 aromatic rings. The third-order valence-electron chi connectivity index (χ3n) is 13.4. The lowest BCUT2D eigenvalue weighted by molar-refractivity contribution is 0.827. The number of hydrogen-bond acceptors (Lipinski definition) is 2. The van der Waals surface area contributed by atoms with E-state index in [9.17, 15) is 0 Å². The summed E-state index contributed by atoms with van der Waals surface area (Å²) in [6, 6.07) is 72.9. The Morgan fingerprint density at radius 1 is 0.413 bits per heavy atom. The quantitative estimate of drug-likeness (QED) is 0.162. The molecule has 0 amide bonds. The van der Waals surface area contributed by atoms with E-state index in [1.54, 1.807) is 0 Å². The summed E-state index contributed by atoms with van der Waals surface area (Å²) in [7, 11) is 0. The molecule has 3 heteroatoms. The number of para-hydroxylation sites is 2. The maximum Gasteiger partial charge on any atom is 0.0979 e. The molecule has 0 fully saturated rings. The third-order valence-corrected chi connectivity index (χ3v) is 13.4. The highest BCUT2D eigenvalue weighted by Gasteiger charge is 2.24. The van der Waals surface area contributed by atoms with Crippen molar-refractivity contribution in [3.8, 4) is 39.2 Å². The average Bonchev–Trinajstić information content (AvgIpc) is 3.69. The van der Waals surface area contributed by atoms with Crippen molar-refractivity contribution in [2.45, 2.75) is 12.3 Å². The fourth-order valence-electron chi connectivity index (χ4n) is 10.6. The number of rotatable bonds is 5. The van der Waals surface area contributed by atoms with Gasteiger partial charge >= 0.3 is 0 Å². The van der Waals surface area contributed by atoms with Crippen molar-refractivity contribution in [3.05, 3.63) is 229 Å². The molecule has 0 aliphatic heterocycles. The van der Waals surface area contributed by atoms with Gasteiger partial charge in [0.25, 0.3) is 0 Å². The van der Waals surface area contributed by atoms with Gasteiger partial charge in [-0.05, 0) is 103 Å². The Labute approximate surface area is 364 Å². The molecule has 1 unspecified atom stereocenters. The Bertz CT molecular complexity index is 3800. The number of benzene rings is 10. The second-order valence-corrected chi connectivity index (χ2v) is 16.8. The molecule has 10 aromatic carbocycles. The molecule has 63 heavy (non-hydrogen) atoms. The van der Waals surface area contributed by atoms with Crippen molar-refractivity contribution >= 4 is 71.2 Å². The predicted octanol–water partition coefficient (Wildman–Crippen LogP) is 15.7. The summed E-state index contributed by atoms with van der Waals surface area (Å²) in [6.07, 6.45) is 7.61. The first-order chi connectivity index (χ1) is 31.3. The molecule has 0 saturated heterocycles. The van der Waals surface area contributed by atoms with E-state index >= 15 is 0 Å². The van der Waals surface area contributed by atoms with Gasteiger partial charge in [0.15, 0.2) is 0 Å². The molecular formula is C60H39N3. The van der Waals surface area contributed by atoms with Crippen molar-refractivity contribution in [2.75, 3.05) is 0 Å². The van der Waals surface area contributed by atoms with Gasteiger partial charge in [0.1, 0.15) is 0 Å². The van der Waals surface area contributed by atoms with Crippen LogP contribution in [0.3, 0.4) is 0 Å². The van der Waals surface area contributed by atoms with Gasteiger partial charge in [0, 0.05) is 38.7 Å². The van der Waals surface area contributed by atoms with Crippen LogP contribution in [-0.2, 0) is 0 Å². The maximum atomic E-state index is 5.32. The zero-order valence-electron chi connectivity index (χ0n) is 34.4. The molecular weight excluding hydrogens is 763 g/mol. The standard InChI is InChI=1S/C60H39N3/c1-2-17-41(18-3-1)63-57-32-9-8-21-52(57)55-36-39(33-34-58(55)63)43-25-12-29-47-45(43)27-14-31-49(47)48-30-13-26-44-42(24-11-28-46(44)48)38-15-10-16-40(35-38)56-37-61-59-53-22-6-4-19-50(53)51-20-5-7-23-54(51)60(59)62-56/h1-30,32-37,49H,31H2. The summed E-state index contributed by atoms with van der Waals surface area (Å²) in [5.74, 6) is 0.220. The number of allylic oxidation sites excluding steroid dienone is 1. The average molecular weight is 802 g/mol. The minimum Gasteiger partial charge on any atom is -0.309 e. The van der Waals surface area contributed by atoms with E-state index < -0.39 is 0 Å². The number of aromatic nitrogens is 3. The smallest absolute Gasteiger partial charge is 0.0979 e. The lowest BCUT2D eigenvalue weighted by atomic mass is 9.78. The van der Waals surface area contributed by atoms with Crippen LogP contribution in [0.2, 0.25) is 0 Å². The maximum absolute atomic E-state index is 5.32. The molecule has 0 radical (unpaired) electrons. The highest BCUT2D eigenvalue weighted by atomic mass is 15.0. The van der Waals surface area contributed by atoms with Crippen molar-refractivity contribution in [2.24, 2.45) is 0 Å². The minimum atomic E-state index is 0.220. The van der Waals surface area contributed by atoms with Crippen LogP contribution < -0.4 is 0 Å². The zero-order chi connectivity index (χ0) is 41.4. The van der Waals surface area contributed by atoms with Gasteiger partial charge in [-0.1, -0.05) is 176 Å². The van der Waals surface area contributed by atoms with Crippen LogP contribution in [0.15, 0.2) is 212 Å². The van der Waals surface area contributed by atoms with Gasteiger partial charge in [-0.2, -0.15) is 0 Å². The highest BCUT2D eigenvalue weighted by Crippen LogP contribution is 2.44. The van der Waals surface area contributed by atoms with E-state index in [4.69, 9.17) is 9.97 Å². The van der Waals surface area contributed by atoms with Gasteiger partial charge in [0.2, 0.25) is 0 Å². The second kappa shape index (κ2) is 14.2. The Balaban J connectivity index is 0.894. The summed E-state index contributed by atoms with van der Waals surface area (Å²) in [5, 5.41) is 9.72. The van der Waals surface area contributed by atoms with Crippen LogP contribution in [0.4, 0.5) is 0 Å². The summed E-state index contributed by atoms with van der Waals surface area (Å²) in [6.45, 7) is 0. The Kier molecular flexibility index (Phi) is 8.04. The summed E-state index contributed by atoms with van der Waals surface area (Å²) >= 11 is 0. The molecule has 2 heterocycles. The Morgan fingerprint density at radius 3 is 1.89 bits per heavy atom.